The molecule has 6 aliphatic rings. The molecule has 0 saturated carbocycles. The lowest BCUT2D eigenvalue weighted by atomic mass is 9.86. The molecule has 130 heavy (non-hydrogen) atoms. The molecule has 4 amide bonds. The lowest BCUT2D eigenvalue weighted by Gasteiger charge is -2.53. The summed E-state index contributed by atoms with van der Waals surface area (Å²) in [6, 6.07) is -7.28. The van der Waals surface area contributed by atoms with Crippen LogP contribution in [-0.4, -0.2) is 413 Å². The number of hydrogen-bond donors (Lipinski definition) is 26. The van der Waals surface area contributed by atoms with Crippen LogP contribution in [0.2, 0.25) is 0 Å². The first-order valence-electron chi connectivity index (χ1n) is 45.1. The van der Waals surface area contributed by atoms with Crippen molar-refractivity contribution in [3.8, 4) is 0 Å². The average Bonchev–Trinajstić information content (AvgIpc) is 0.739. The van der Waals surface area contributed by atoms with Crippen molar-refractivity contribution in [2.75, 3.05) is 46.2 Å². The van der Waals surface area contributed by atoms with Gasteiger partial charge in [0.25, 0.3) is 17.4 Å². The second-order valence-electron chi connectivity index (χ2n) is 34.6. The van der Waals surface area contributed by atoms with Gasteiger partial charge in [0, 0.05) is 58.8 Å². The van der Waals surface area contributed by atoms with E-state index in [9.17, 15) is 151 Å². The molecule has 0 radical (unpaired) electrons. The molecule has 6 heterocycles. The lowest BCUT2D eigenvalue weighted by Crippen LogP contribution is -2.72. The number of amides is 4. The van der Waals surface area contributed by atoms with Crippen LogP contribution in [0.4, 0.5) is 0 Å². The van der Waals surface area contributed by atoms with Gasteiger partial charge in [-0.05, 0) is 26.2 Å². The van der Waals surface area contributed by atoms with E-state index in [0.717, 1.165) is 111 Å². The fraction of sp³-hybridized carbons (Fsp3) is 0.881. The van der Waals surface area contributed by atoms with E-state index >= 15 is 0 Å². The molecule has 6 rings (SSSR count). The maximum absolute atomic E-state index is 14.4. The number of carbonyl (C=O) groups is 8. The number of Topliss-reactive ketones (excluding diaryl/α,β-unsaturated/α-hetero) is 1. The fourth-order valence-corrected chi connectivity index (χ4v) is 17.2. The Morgan fingerprint density at radius 3 is 1.26 bits per heavy atom. The van der Waals surface area contributed by atoms with Gasteiger partial charge in [-0.2, -0.15) is 0 Å². The van der Waals surface area contributed by atoms with Gasteiger partial charge in [-0.1, -0.05) is 142 Å². The Hall–Kier alpha value is -5.54. The molecule has 0 spiro atoms. The summed E-state index contributed by atoms with van der Waals surface area (Å²) in [4.78, 5) is 106. The minimum absolute atomic E-state index is 0.0805. The molecule has 6 saturated heterocycles. The molecule has 46 nitrogen and oxygen atoms in total. The predicted molar refractivity (Wildman–Crippen MR) is 442 cm³/mol. The van der Waals surface area contributed by atoms with Crippen molar-refractivity contribution in [1.29, 1.82) is 0 Å². The molecule has 6 fully saturated rings. The van der Waals surface area contributed by atoms with Crippen molar-refractivity contribution < 1.29 is 208 Å². The summed E-state index contributed by atoms with van der Waals surface area (Å²) < 4.78 is 71.8. The van der Waals surface area contributed by atoms with E-state index in [1.807, 2.05) is 0 Å². The smallest absolute Gasteiger partial charge is 0.364 e. The minimum atomic E-state index is -3.71. The number of rotatable bonds is 58. The quantitative estimate of drug-likeness (QED) is 0.0199. The zero-order valence-corrected chi connectivity index (χ0v) is 74.5. The summed E-state index contributed by atoms with van der Waals surface area (Å²) in [6.45, 7) is -0.684. The van der Waals surface area contributed by atoms with Gasteiger partial charge in [0.1, 0.15) is 122 Å². The summed E-state index contributed by atoms with van der Waals surface area (Å²) >= 11 is 0. The number of nitrogens with one attached hydrogen (secondary N) is 4. The second-order valence-corrected chi connectivity index (χ2v) is 34.6. The number of aliphatic carboxylic acids is 3. The number of aliphatic hydroxyl groups is 19. The molecule has 6 aliphatic heterocycles. The monoisotopic (exact) mass is 1880 g/mol. The number of aliphatic hydroxyl groups excluding tert-OH is 19. The SMILES string of the molecule is CCCCCCCCCCCCCC=C[C@@H](O)[C@H](CO[C@@H]1O[C@H](CO)[C@@H](O[C@@H]2O[C@H](CO)[C@H](O[C@@H]3O[C@H](CO)[C@H](O)[C@H](O)[C@H]3CC(C)=O)[C@H](O[C@]3(C(=O)O)C[C@H](O)[C@@H](NC(C)=O)C([C@H](O)[C@@H](CO)O[C@]4(C(=O)O)C[C@H](O)[C@@H](NC(C)=O)C([C@H](O)[C@@H](CO)O[C@]5(C(=O)O)C[C@H](O)[C@@H](NC(C)=O)C([C@H](O)[C@H](O)CO)O5)O4)O3)[C@H]2O)[C@H](O)[C@H]1O)NC(=O)CCCCCCCCCCC. The first-order valence-corrected chi connectivity index (χ1v) is 45.1. The van der Waals surface area contributed by atoms with Gasteiger partial charge in [-0.25, -0.2) is 14.4 Å². The highest BCUT2D eigenvalue weighted by Crippen LogP contribution is 2.44. The average molecular weight is 1880 g/mol. The first kappa shape index (κ1) is 113. The van der Waals surface area contributed by atoms with E-state index in [1.54, 1.807) is 6.08 Å². The van der Waals surface area contributed by atoms with E-state index in [2.05, 4.69) is 35.1 Å². The van der Waals surface area contributed by atoms with Gasteiger partial charge in [0.15, 0.2) is 18.9 Å². The molecule has 752 valence electrons. The lowest BCUT2D eigenvalue weighted by molar-refractivity contribution is -0.404. The van der Waals surface area contributed by atoms with Gasteiger partial charge < -0.3 is 195 Å². The highest BCUT2D eigenvalue weighted by Gasteiger charge is 2.65. The number of carbonyl (C=O) groups excluding carboxylic acids is 5. The van der Waals surface area contributed by atoms with Crippen molar-refractivity contribution in [2.45, 2.75) is 415 Å². The molecule has 0 bridgehead atoms. The molecule has 3 unspecified atom stereocenters. The molecule has 0 aliphatic carbocycles. The van der Waals surface area contributed by atoms with Gasteiger partial charge in [0.05, 0.1) is 101 Å². The molecule has 0 aromatic carbocycles. The first-order chi connectivity index (χ1) is 61.6. The standard InChI is InChI=1S/C84H144N4O42/c1-7-9-11-13-15-17-18-19-20-22-23-25-27-29-48(99)47(88-58(104)30-28-26-24-21-16-14-12-10-8-2)41-119-77-68(111)67(110)70(56(39-93)121-77)123-78-69(112)75(71(57(40-94)122-78)124-76-46(31-42(3)95)62(105)64(107)53(36-90)120-76)130-84(81(117)118)34-51(102)61(87-45(6)98)74(129-84)66(109)55(38-92)126-83(80(115)116)33-50(101)60(86-44(5)97)73(128-83)65(108)54(37-91)125-82(79(113)114)32-49(100)59(85-43(4)96)72(127-82)63(106)52(103)35-89/h27,29,46-57,59-78,89-94,99-103,105-112H,7-26,28,30-41H2,1-6H3,(H,85,96)(H,86,97)(H,87,98)(H,88,104)(H,113,114)(H,115,116)(H,117,118)/t46-,47+,48-,49+,50+,51+,52-,53-,54-,55-,56-,57-,59-,60-,61-,62-,63-,64+,65-,66-,67-,68-,69-,70-,71+,72?,73?,74?,75-,76+,77-,78+,82-,83-,84+/m1/s1. The van der Waals surface area contributed by atoms with E-state index in [1.165, 1.54) is 44.6 Å². The Bertz CT molecular complexity index is 3450. The summed E-state index contributed by atoms with van der Waals surface area (Å²) in [5.74, 6) is -23.6. The summed E-state index contributed by atoms with van der Waals surface area (Å²) in [7, 11) is 0. The van der Waals surface area contributed by atoms with Crippen LogP contribution < -0.4 is 21.3 Å². The van der Waals surface area contributed by atoms with Gasteiger partial charge in [-0.3, -0.25) is 19.2 Å². The van der Waals surface area contributed by atoms with Crippen molar-refractivity contribution in [1.82, 2.24) is 21.3 Å². The van der Waals surface area contributed by atoms with Gasteiger partial charge in [-0.15, -0.1) is 0 Å². The van der Waals surface area contributed by atoms with Crippen molar-refractivity contribution in [2.24, 2.45) is 5.92 Å². The van der Waals surface area contributed by atoms with E-state index in [-0.39, 0.29) is 6.42 Å². The van der Waals surface area contributed by atoms with Crippen LogP contribution in [-0.2, 0) is 95.2 Å². The van der Waals surface area contributed by atoms with E-state index in [4.69, 9.17) is 56.8 Å². The zero-order chi connectivity index (χ0) is 96.7. The highest BCUT2D eigenvalue weighted by atomic mass is 16.8. The largest absolute Gasteiger partial charge is 0.477 e. The molecule has 46 heteroatoms. The Morgan fingerprint density at radius 2 is 0.838 bits per heavy atom. The second kappa shape index (κ2) is 55.0. The Morgan fingerprint density at radius 1 is 0.438 bits per heavy atom. The summed E-state index contributed by atoms with van der Waals surface area (Å²) in [6.07, 6.45) is -41.9. The zero-order valence-electron chi connectivity index (χ0n) is 74.5. The number of ether oxygens (including phenoxy) is 12. The van der Waals surface area contributed by atoms with Crippen molar-refractivity contribution in [3.05, 3.63) is 12.2 Å². The van der Waals surface area contributed by atoms with Crippen LogP contribution in [0.15, 0.2) is 12.2 Å². The minimum Gasteiger partial charge on any atom is -0.477 e. The Kier molecular flexibility index (Phi) is 47.9. The van der Waals surface area contributed by atoms with Gasteiger partial charge >= 0.3 is 17.9 Å². The number of carboxylic acid groups (broad SMARTS) is 3. The maximum Gasteiger partial charge on any atom is 0.364 e. The summed E-state index contributed by atoms with van der Waals surface area (Å²) in [5.41, 5.74) is 0. The van der Waals surface area contributed by atoms with Crippen LogP contribution in [0.3, 0.4) is 0 Å². The third kappa shape index (κ3) is 31.2. The van der Waals surface area contributed by atoms with Crippen LogP contribution in [0.25, 0.3) is 0 Å². The predicted octanol–water partition coefficient (Wildman–Crippen LogP) is -5.77. The molecule has 35 atom stereocenters. The molecular weight excluding hydrogens is 1740 g/mol. The van der Waals surface area contributed by atoms with Crippen molar-refractivity contribution in [3.63, 3.8) is 0 Å². The van der Waals surface area contributed by atoms with Crippen molar-refractivity contribution >= 4 is 47.3 Å². The third-order valence-corrected chi connectivity index (χ3v) is 24.3. The van der Waals surface area contributed by atoms with Gasteiger partial charge in [0.2, 0.25) is 23.6 Å². The highest BCUT2D eigenvalue weighted by molar-refractivity contribution is 5.79. The Balaban J connectivity index is 1.35. The normalized spacial score (nSPS) is 35.0. The van der Waals surface area contributed by atoms with Crippen LogP contribution in [0, 0.1) is 5.92 Å². The number of ketones is 1. The van der Waals surface area contributed by atoms with Crippen LogP contribution in [0.1, 0.15) is 208 Å². The number of allylic oxidation sites excluding steroid dienone is 1. The molecule has 26 N–H and O–H groups in total. The topological polar surface area (TPSA) is 741 Å². The molecular formula is C84H144N4O42. The Labute approximate surface area is 753 Å². The van der Waals surface area contributed by atoms with Crippen LogP contribution in [0.5, 0.6) is 0 Å². The van der Waals surface area contributed by atoms with E-state index < -0.39 is 332 Å². The third-order valence-electron chi connectivity index (χ3n) is 24.3. The van der Waals surface area contributed by atoms with Crippen LogP contribution >= 0.6 is 0 Å². The number of unbranched alkanes of at least 4 members (excludes halogenated alkanes) is 19. The molecule has 0 aromatic rings. The molecule has 0 aromatic heterocycles. The fourth-order valence-electron chi connectivity index (χ4n) is 17.2. The maximum atomic E-state index is 14.4. The summed E-state index contributed by atoms with van der Waals surface area (Å²) in [5, 5.41) is 260. The number of carboxylic acids is 3. The van der Waals surface area contributed by atoms with E-state index in [0.29, 0.717) is 12.8 Å². The number of hydrogen-bond acceptors (Lipinski definition) is 39.